The second-order valence-electron chi connectivity index (χ2n) is 4.49. The molecule has 0 bridgehead atoms. The van der Waals surface area contributed by atoms with E-state index in [0.29, 0.717) is 0 Å². The second kappa shape index (κ2) is 6.30. The quantitative estimate of drug-likeness (QED) is 0.629. The van der Waals surface area contributed by atoms with Crippen LogP contribution >= 0.6 is 0 Å². The molecule has 0 spiro atoms. The Balaban J connectivity index is 0.00000180. The van der Waals surface area contributed by atoms with Crippen molar-refractivity contribution in [2.24, 2.45) is 5.92 Å². The first-order valence-electron chi connectivity index (χ1n) is 5.85. The predicted octanol–water partition coefficient (Wildman–Crippen LogP) is 2.25. The van der Waals surface area contributed by atoms with Crippen molar-refractivity contribution in [1.29, 1.82) is 0 Å². The zero-order valence-electron chi connectivity index (χ0n) is 9.91. The minimum atomic E-state index is -5.13. The summed E-state index contributed by atoms with van der Waals surface area (Å²) in [6.45, 7) is -3.44. The van der Waals surface area contributed by atoms with Gasteiger partial charge in [0.05, 0.1) is 6.61 Å². The van der Waals surface area contributed by atoms with Crippen LogP contribution < -0.4 is 0 Å². The summed E-state index contributed by atoms with van der Waals surface area (Å²) in [6.07, 6.45) is -0.195. The van der Waals surface area contributed by atoms with E-state index in [1.807, 2.05) is 0 Å². The average molecular weight is 297 g/mol. The molecule has 0 aliphatic heterocycles. The molecule has 1 aliphatic carbocycles. The van der Waals surface area contributed by atoms with E-state index in [9.17, 15) is 17.7 Å². The van der Waals surface area contributed by atoms with Gasteiger partial charge in [0.15, 0.2) is 0 Å². The molecule has 1 aromatic rings. The summed E-state index contributed by atoms with van der Waals surface area (Å²) in [6, 6.07) is 7.62. The first-order chi connectivity index (χ1) is 8.43. The summed E-state index contributed by atoms with van der Waals surface area (Å²) in [5.41, 5.74) is 0.163. The number of hydrogen-bond acceptors (Lipinski definition) is 2. The summed E-state index contributed by atoms with van der Waals surface area (Å²) in [5, 5.41) is -1.99. The third-order valence-electron chi connectivity index (χ3n) is 3.47. The van der Waals surface area contributed by atoms with Crippen molar-refractivity contribution in [3.05, 3.63) is 35.9 Å². The molecule has 1 saturated carbocycles. The van der Waals surface area contributed by atoms with Gasteiger partial charge in [-0.15, -0.1) is 0 Å². The number of esters is 1. The molecule has 19 heavy (non-hydrogen) atoms. The Bertz CT molecular complexity index is 452. The first kappa shape index (κ1) is 17.2. The Hall–Kier alpha value is 0.181. The van der Waals surface area contributed by atoms with Gasteiger partial charge in [-0.1, -0.05) is 42.3 Å². The summed E-state index contributed by atoms with van der Waals surface area (Å²) >= 11 is 0. The predicted molar refractivity (Wildman–Crippen MR) is 69.1 cm³/mol. The number of carbonyl (C=O) groups excluding carboxylic acids is 1. The monoisotopic (exact) mass is 297 g/mol. The van der Waals surface area contributed by atoms with Crippen molar-refractivity contribution in [2.45, 2.75) is 18.7 Å². The zero-order valence-corrected chi connectivity index (χ0v) is 9.91. The van der Waals surface area contributed by atoms with Crippen LogP contribution in [0.3, 0.4) is 0 Å². The molecule has 100 valence electrons. The Morgan fingerprint density at radius 3 is 2.42 bits per heavy atom. The fourth-order valence-corrected chi connectivity index (χ4v) is 2.43. The van der Waals surface area contributed by atoms with Gasteiger partial charge in [-0.2, -0.15) is 0 Å². The van der Waals surface area contributed by atoms with E-state index < -0.39 is 24.2 Å². The standard InChI is InChI=1S/C12H13BF3O2.K.H/c1-2-18-11(17)10-8-12(10,13(14,15)16)9-6-4-3-5-7-9;;/h3-7,10H,2,8H2,1H3;;/q-1;;. The van der Waals surface area contributed by atoms with Gasteiger partial charge in [0.1, 0.15) is 0 Å². The summed E-state index contributed by atoms with van der Waals surface area (Å²) in [7, 11) is 0. The Morgan fingerprint density at radius 1 is 1.37 bits per heavy atom. The number of rotatable bonds is 4. The molecule has 0 aromatic heterocycles. The van der Waals surface area contributed by atoms with Crippen molar-refractivity contribution >= 4 is 64.3 Å². The molecule has 1 fully saturated rings. The SMILES string of the molecule is CCOC(=O)C1CC1(c1ccccc1)[B-](F)(F)F.[KH]. The van der Waals surface area contributed by atoms with E-state index >= 15 is 0 Å². The average Bonchev–Trinajstić information content (AvgIpc) is 3.06. The van der Waals surface area contributed by atoms with Gasteiger partial charge in [0, 0.05) is 5.92 Å². The van der Waals surface area contributed by atoms with Crippen LogP contribution in [0, 0.1) is 5.92 Å². The van der Waals surface area contributed by atoms with Crippen molar-refractivity contribution in [2.75, 3.05) is 6.61 Å². The molecule has 2 nitrogen and oxygen atoms in total. The summed E-state index contributed by atoms with van der Waals surface area (Å²) in [4.78, 5) is 11.5. The molecular formula is C12H14BF3KO2-. The molecule has 7 heteroatoms. The van der Waals surface area contributed by atoms with E-state index in [-0.39, 0.29) is 70.0 Å². The molecule has 1 aliphatic rings. The Labute approximate surface area is 152 Å². The third-order valence-corrected chi connectivity index (χ3v) is 3.47. The number of carbonyl (C=O) groups is 1. The van der Waals surface area contributed by atoms with Gasteiger partial charge in [0.2, 0.25) is 0 Å². The van der Waals surface area contributed by atoms with E-state index in [1.165, 1.54) is 12.1 Å². The summed E-state index contributed by atoms with van der Waals surface area (Å²) < 4.78 is 44.6. The molecule has 0 N–H and O–H groups in total. The maximum absolute atomic E-state index is 13.3. The normalized spacial score (nSPS) is 25.4. The van der Waals surface area contributed by atoms with Gasteiger partial charge in [-0.25, -0.2) is 0 Å². The minimum absolute atomic E-state index is 0. The van der Waals surface area contributed by atoms with Crippen LogP contribution in [-0.4, -0.2) is 70.9 Å². The van der Waals surface area contributed by atoms with Crippen LogP contribution in [0.4, 0.5) is 12.9 Å². The van der Waals surface area contributed by atoms with Crippen LogP contribution in [0.25, 0.3) is 0 Å². The number of halogens is 3. The molecule has 0 radical (unpaired) electrons. The van der Waals surface area contributed by atoms with Gasteiger partial charge >= 0.3 is 64.3 Å². The first-order valence-corrected chi connectivity index (χ1v) is 5.85. The molecule has 1 aromatic carbocycles. The summed E-state index contributed by atoms with van der Waals surface area (Å²) in [5.74, 6) is -1.83. The van der Waals surface area contributed by atoms with E-state index in [1.54, 1.807) is 25.1 Å². The van der Waals surface area contributed by atoms with Crippen LogP contribution in [0.2, 0.25) is 0 Å². The van der Waals surface area contributed by atoms with Crippen molar-refractivity contribution in [3.63, 3.8) is 0 Å². The molecule has 2 rings (SSSR count). The van der Waals surface area contributed by atoms with Crippen molar-refractivity contribution in [3.8, 4) is 0 Å². The van der Waals surface area contributed by atoms with Crippen LogP contribution in [0.15, 0.2) is 30.3 Å². The number of ether oxygens (including phenoxy) is 1. The third kappa shape index (κ3) is 3.10. The van der Waals surface area contributed by atoms with Crippen LogP contribution in [0.1, 0.15) is 18.9 Å². The van der Waals surface area contributed by atoms with E-state index in [4.69, 9.17) is 4.74 Å². The molecule has 0 amide bonds. The van der Waals surface area contributed by atoms with E-state index in [0.717, 1.165) is 0 Å². The van der Waals surface area contributed by atoms with Gasteiger partial charge in [-0.3, -0.25) is 4.79 Å². The van der Waals surface area contributed by atoms with Gasteiger partial charge < -0.3 is 17.7 Å². The Morgan fingerprint density at radius 2 is 1.95 bits per heavy atom. The topological polar surface area (TPSA) is 26.3 Å². The van der Waals surface area contributed by atoms with E-state index in [2.05, 4.69) is 0 Å². The molecule has 2 unspecified atom stereocenters. The fraction of sp³-hybridized carbons (Fsp3) is 0.417. The van der Waals surface area contributed by atoms with Crippen LogP contribution in [0.5, 0.6) is 0 Å². The fourth-order valence-electron chi connectivity index (χ4n) is 2.43. The van der Waals surface area contributed by atoms with Crippen molar-refractivity contribution in [1.82, 2.24) is 0 Å². The molecule has 0 saturated heterocycles. The van der Waals surface area contributed by atoms with Crippen molar-refractivity contribution < 1.29 is 22.5 Å². The second-order valence-corrected chi connectivity index (χ2v) is 4.49. The van der Waals surface area contributed by atoms with Crippen LogP contribution in [-0.2, 0) is 14.8 Å². The van der Waals surface area contributed by atoms with Gasteiger partial charge in [-0.05, 0) is 12.2 Å². The van der Waals surface area contributed by atoms with Gasteiger partial charge in [0.25, 0.3) is 0 Å². The molecular weight excluding hydrogens is 283 g/mol. The zero-order chi connectivity index (χ0) is 13.4. The number of hydrogen-bond donors (Lipinski definition) is 0. The maximum atomic E-state index is 13.3. The number of benzene rings is 1. The molecule has 2 atom stereocenters. The Kier molecular flexibility index (Phi) is 5.72. The molecule has 0 heterocycles.